The van der Waals surface area contributed by atoms with Crippen LogP contribution in [0, 0.1) is 0 Å². The lowest BCUT2D eigenvalue weighted by Gasteiger charge is -2.38. The van der Waals surface area contributed by atoms with Crippen LogP contribution >= 0.6 is 10.0 Å². The van der Waals surface area contributed by atoms with Gasteiger partial charge < -0.3 is 9.30 Å². The molecule has 0 atom stereocenters. The molecular formula is C16H25NOS. The van der Waals surface area contributed by atoms with Crippen molar-refractivity contribution < 1.29 is 4.74 Å². The average Bonchev–Trinajstić information content (AvgIpc) is 2.81. The number of hydrogen-bond donors (Lipinski definition) is 0. The Morgan fingerprint density at radius 1 is 1.11 bits per heavy atom. The molecule has 0 unspecified atom stereocenters. The molecule has 106 valence electrons. The summed E-state index contributed by atoms with van der Waals surface area (Å²) < 4.78 is 7.88. The van der Waals surface area contributed by atoms with Crippen molar-refractivity contribution in [2.75, 3.05) is 24.4 Å². The lowest BCUT2D eigenvalue weighted by atomic mass is 10.2. The Bertz CT molecular complexity index is 561. The van der Waals surface area contributed by atoms with Gasteiger partial charge in [-0.1, -0.05) is 20.8 Å². The Kier molecular flexibility index (Phi) is 4.14. The molecular weight excluding hydrogens is 254 g/mol. The van der Waals surface area contributed by atoms with Gasteiger partial charge in [-0.2, -0.15) is 0 Å². The molecule has 2 aromatic rings. The third kappa shape index (κ3) is 2.25. The molecule has 0 saturated heterocycles. The van der Waals surface area contributed by atoms with Crippen molar-refractivity contribution in [3.8, 4) is 5.75 Å². The van der Waals surface area contributed by atoms with Crippen LogP contribution in [0.5, 0.6) is 5.75 Å². The van der Waals surface area contributed by atoms with E-state index in [1.54, 1.807) is 7.11 Å². The van der Waals surface area contributed by atoms with Crippen LogP contribution in [0.3, 0.4) is 0 Å². The second-order valence-corrected chi connectivity index (χ2v) is 9.16. The summed E-state index contributed by atoms with van der Waals surface area (Å²) in [4.78, 5) is 1.44. The number of methoxy groups -OCH3 is 1. The highest BCUT2D eigenvalue weighted by atomic mass is 32.3. The molecule has 0 radical (unpaired) electrons. The van der Waals surface area contributed by atoms with Gasteiger partial charge in [-0.3, -0.25) is 0 Å². The highest BCUT2D eigenvalue weighted by Crippen LogP contribution is 2.58. The van der Waals surface area contributed by atoms with Gasteiger partial charge in [0.15, 0.2) is 0 Å². The summed E-state index contributed by atoms with van der Waals surface area (Å²) in [5.41, 5.74) is 1.31. The molecule has 0 aliphatic heterocycles. The van der Waals surface area contributed by atoms with E-state index in [1.165, 1.54) is 33.1 Å². The minimum Gasteiger partial charge on any atom is -0.496 e. The van der Waals surface area contributed by atoms with Crippen molar-refractivity contribution >= 4 is 20.9 Å². The van der Waals surface area contributed by atoms with Gasteiger partial charge in [-0.15, -0.1) is 0 Å². The van der Waals surface area contributed by atoms with Crippen molar-refractivity contribution in [3.05, 3.63) is 24.4 Å². The summed E-state index contributed by atoms with van der Waals surface area (Å²) >= 11 is 0. The molecule has 1 heterocycles. The zero-order chi connectivity index (χ0) is 14.0. The summed E-state index contributed by atoms with van der Waals surface area (Å²) in [5, 5.41) is 1.26. The van der Waals surface area contributed by atoms with Crippen molar-refractivity contribution in [2.24, 2.45) is 7.05 Å². The lowest BCUT2D eigenvalue weighted by molar-refractivity contribution is 0.405. The molecule has 0 spiro atoms. The van der Waals surface area contributed by atoms with Crippen molar-refractivity contribution in [1.29, 1.82) is 0 Å². The van der Waals surface area contributed by atoms with Gasteiger partial charge in [-0.05, 0) is 35.5 Å². The molecule has 0 amide bonds. The molecule has 0 fully saturated rings. The quantitative estimate of drug-likeness (QED) is 0.790. The number of benzene rings is 1. The molecule has 1 aromatic heterocycles. The van der Waals surface area contributed by atoms with Crippen LogP contribution < -0.4 is 4.74 Å². The van der Waals surface area contributed by atoms with Gasteiger partial charge in [0.1, 0.15) is 5.75 Å². The van der Waals surface area contributed by atoms with Gasteiger partial charge in [0.2, 0.25) is 0 Å². The van der Waals surface area contributed by atoms with E-state index in [2.05, 4.69) is 56.8 Å². The summed E-state index contributed by atoms with van der Waals surface area (Å²) in [6.45, 7) is 6.95. The molecule has 0 aliphatic rings. The highest BCUT2D eigenvalue weighted by Gasteiger charge is 2.25. The van der Waals surface area contributed by atoms with E-state index < -0.39 is 10.0 Å². The molecule has 0 saturated carbocycles. The van der Waals surface area contributed by atoms with E-state index in [-0.39, 0.29) is 0 Å². The Morgan fingerprint density at radius 3 is 2.26 bits per heavy atom. The number of rotatable bonds is 5. The maximum atomic E-state index is 5.69. The molecule has 0 bridgehead atoms. The summed E-state index contributed by atoms with van der Waals surface area (Å²) in [7, 11) is 3.14. The van der Waals surface area contributed by atoms with Crippen LogP contribution in [-0.2, 0) is 7.05 Å². The molecule has 2 nitrogen and oxygen atoms in total. The zero-order valence-corrected chi connectivity index (χ0v) is 13.5. The van der Waals surface area contributed by atoms with Gasteiger partial charge in [0.25, 0.3) is 0 Å². The second kappa shape index (κ2) is 5.49. The predicted octanol–water partition coefficient (Wildman–Crippen LogP) is 4.41. The maximum Gasteiger partial charge on any atom is 0.131 e. The normalized spacial score (nSPS) is 12.9. The van der Waals surface area contributed by atoms with Crippen LogP contribution in [0.1, 0.15) is 20.8 Å². The number of ether oxygens (including phenoxy) is 1. The summed E-state index contributed by atoms with van der Waals surface area (Å²) in [6.07, 6.45) is 2.12. The SMILES string of the molecule is CCS(CC)(CC)c1cc2c(ccn2C)cc1OC. The standard InChI is InChI=1S/C16H25NOS/c1-6-19(7-2,8-3)16-12-14-13(9-10-17(14)4)11-15(16)18-5/h9-12H,6-8H2,1-5H3. The Labute approximate surface area is 118 Å². The van der Waals surface area contributed by atoms with Crippen LogP contribution in [0.4, 0.5) is 0 Å². The predicted molar refractivity (Wildman–Crippen MR) is 87.0 cm³/mol. The third-order valence-electron chi connectivity index (χ3n) is 4.29. The van der Waals surface area contributed by atoms with E-state index in [4.69, 9.17) is 4.74 Å². The first-order valence-corrected chi connectivity index (χ1v) is 9.15. The van der Waals surface area contributed by atoms with Crippen molar-refractivity contribution in [3.63, 3.8) is 0 Å². The van der Waals surface area contributed by atoms with Gasteiger partial charge in [0.05, 0.1) is 7.11 Å². The van der Waals surface area contributed by atoms with E-state index in [0.29, 0.717) is 0 Å². The highest BCUT2D eigenvalue weighted by molar-refractivity contribution is 8.33. The minimum absolute atomic E-state index is 0.756. The van der Waals surface area contributed by atoms with E-state index >= 15 is 0 Å². The smallest absolute Gasteiger partial charge is 0.131 e. The van der Waals surface area contributed by atoms with Crippen molar-refractivity contribution in [1.82, 2.24) is 4.57 Å². The van der Waals surface area contributed by atoms with Crippen LogP contribution in [0.2, 0.25) is 0 Å². The number of nitrogens with zero attached hydrogens (tertiary/aromatic N) is 1. The van der Waals surface area contributed by atoms with Crippen LogP contribution in [0.25, 0.3) is 10.9 Å². The van der Waals surface area contributed by atoms with E-state index in [1.807, 2.05) is 0 Å². The van der Waals surface area contributed by atoms with E-state index in [0.717, 1.165) is 5.75 Å². The first-order chi connectivity index (χ1) is 9.11. The monoisotopic (exact) mass is 279 g/mol. The summed E-state index contributed by atoms with van der Waals surface area (Å²) in [6, 6.07) is 6.72. The molecule has 0 N–H and O–H groups in total. The molecule has 0 aliphatic carbocycles. The Hall–Kier alpha value is -1.09. The zero-order valence-electron chi connectivity index (χ0n) is 12.7. The van der Waals surface area contributed by atoms with Gasteiger partial charge in [0, 0.05) is 29.0 Å². The maximum absolute atomic E-state index is 5.69. The Balaban J connectivity index is 2.72. The second-order valence-electron chi connectivity index (χ2n) is 4.90. The lowest BCUT2D eigenvalue weighted by Crippen LogP contribution is -2.11. The minimum atomic E-state index is -0.756. The third-order valence-corrected chi connectivity index (χ3v) is 8.86. The number of hydrogen-bond acceptors (Lipinski definition) is 1. The fraction of sp³-hybridized carbons (Fsp3) is 0.500. The van der Waals surface area contributed by atoms with Gasteiger partial charge in [-0.25, -0.2) is 10.0 Å². The largest absolute Gasteiger partial charge is 0.496 e. The molecule has 19 heavy (non-hydrogen) atoms. The average molecular weight is 279 g/mol. The molecule has 3 heteroatoms. The first-order valence-electron chi connectivity index (χ1n) is 7.01. The van der Waals surface area contributed by atoms with Crippen molar-refractivity contribution in [2.45, 2.75) is 25.7 Å². The van der Waals surface area contributed by atoms with Crippen LogP contribution in [-0.4, -0.2) is 28.9 Å². The fourth-order valence-electron chi connectivity index (χ4n) is 2.85. The number of aryl methyl sites for hydroxylation is 1. The fourth-order valence-corrected chi connectivity index (χ4v) is 5.94. The van der Waals surface area contributed by atoms with Gasteiger partial charge >= 0.3 is 0 Å². The van der Waals surface area contributed by atoms with E-state index in [9.17, 15) is 0 Å². The summed E-state index contributed by atoms with van der Waals surface area (Å²) in [5.74, 6) is 4.75. The topological polar surface area (TPSA) is 14.2 Å². The molecule has 1 aromatic carbocycles. The first kappa shape index (κ1) is 14.3. The number of fused-ring (bicyclic) bond motifs is 1. The van der Waals surface area contributed by atoms with Crippen LogP contribution in [0.15, 0.2) is 29.3 Å². The Morgan fingerprint density at radius 2 is 1.74 bits per heavy atom. The molecule has 2 rings (SSSR count). The number of aromatic nitrogens is 1.